The van der Waals surface area contributed by atoms with Gasteiger partial charge in [0.2, 0.25) is 0 Å². The van der Waals surface area contributed by atoms with Gasteiger partial charge in [-0.3, -0.25) is 4.79 Å². The molecule has 0 heterocycles. The number of nitrogens with zero attached hydrogens (tertiary/aromatic N) is 1. The van der Waals surface area contributed by atoms with Crippen molar-refractivity contribution in [2.75, 3.05) is 24.7 Å². The molecule has 1 amide bonds. The van der Waals surface area contributed by atoms with E-state index in [4.69, 9.17) is 0 Å². The van der Waals surface area contributed by atoms with Crippen molar-refractivity contribution in [3.05, 3.63) is 59.7 Å². The number of rotatable bonds is 6. The van der Waals surface area contributed by atoms with Crippen molar-refractivity contribution in [1.29, 1.82) is 0 Å². The Hall–Kier alpha value is -2.34. The van der Waals surface area contributed by atoms with Crippen LogP contribution in [-0.2, 0) is 16.4 Å². The molecule has 2 aromatic rings. The fourth-order valence-corrected chi connectivity index (χ4v) is 3.06. The highest BCUT2D eigenvalue weighted by molar-refractivity contribution is 7.91. The minimum absolute atomic E-state index is 0.0754. The van der Waals surface area contributed by atoms with E-state index in [2.05, 4.69) is 5.32 Å². The molecule has 0 atom stereocenters. The van der Waals surface area contributed by atoms with Crippen LogP contribution in [0.15, 0.2) is 53.4 Å². The van der Waals surface area contributed by atoms with Crippen LogP contribution in [0.2, 0.25) is 0 Å². The summed E-state index contributed by atoms with van der Waals surface area (Å²) in [5, 5.41) is 2.83. The smallest absolute Gasteiger partial charge is 0.251 e. The predicted octanol–water partition coefficient (Wildman–Crippen LogP) is 2.48. The van der Waals surface area contributed by atoms with Crippen LogP contribution in [0.25, 0.3) is 0 Å². The van der Waals surface area contributed by atoms with E-state index in [1.165, 1.54) is 0 Å². The van der Waals surface area contributed by atoms with E-state index in [-0.39, 0.29) is 11.7 Å². The van der Waals surface area contributed by atoms with Crippen molar-refractivity contribution in [3.63, 3.8) is 0 Å². The van der Waals surface area contributed by atoms with Crippen molar-refractivity contribution < 1.29 is 13.2 Å². The maximum absolute atomic E-state index is 12.2. The van der Waals surface area contributed by atoms with Crippen LogP contribution in [0, 0.1) is 0 Å². The van der Waals surface area contributed by atoms with E-state index in [1.807, 2.05) is 31.1 Å². The minimum Gasteiger partial charge on any atom is -0.378 e. The maximum atomic E-state index is 12.2. The molecule has 0 aromatic heterocycles. The molecule has 0 bridgehead atoms. The first-order valence-electron chi connectivity index (χ1n) is 7.71. The Bertz CT molecular complexity index is 795. The molecule has 0 fully saturated rings. The van der Waals surface area contributed by atoms with E-state index < -0.39 is 9.84 Å². The monoisotopic (exact) mass is 346 g/mol. The molecule has 2 rings (SSSR count). The van der Waals surface area contributed by atoms with E-state index in [0.717, 1.165) is 11.3 Å². The molecule has 0 aliphatic carbocycles. The Morgan fingerprint density at radius 1 is 1.00 bits per heavy atom. The molecule has 24 heavy (non-hydrogen) atoms. The molecular weight excluding hydrogens is 324 g/mol. The van der Waals surface area contributed by atoms with Crippen LogP contribution in [0.4, 0.5) is 5.69 Å². The fourth-order valence-electron chi connectivity index (χ4n) is 2.18. The quantitative estimate of drug-likeness (QED) is 0.873. The summed E-state index contributed by atoms with van der Waals surface area (Å²) in [6, 6.07) is 13.9. The van der Waals surface area contributed by atoms with Gasteiger partial charge in [-0.1, -0.05) is 19.1 Å². The lowest BCUT2D eigenvalue weighted by molar-refractivity contribution is 0.0951. The van der Waals surface area contributed by atoms with Gasteiger partial charge < -0.3 is 10.2 Å². The average molecular weight is 346 g/mol. The van der Waals surface area contributed by atoms with Gasteiger partial charge in [0.1, 0.15) is 0 Å². The SMILES string of the molecule is CCS(=O)(=O)c1ccc(CNC(=O)c2ccc(N(C)C)cc2)cc1. The van der Waals surface area contributed by atoms with E-state index >= 15 is 0 Å². The van der Waals surface area contributed by atoms with Gasteiger partial charge in [0, 0.05) is 31.9 Å². The largest absolute Gasteiger partial charge is 0.378 e. The number of hydrogen-bond acceptors (Lipinski definition) is 4. The van der Waals surface area contributed by atoms with Gasteiger partial charge in [-0.15, -0.1) is 0 Å². The molecule has 0 aliphatic rings. The Labute approximate surface area is 143 Å². The third-order valence-electron chi connectivity index (χ3n) is 3.76. The zero-order valence-electron chi connectivity index (χ0n) is 14.1. The predicted molar refractivity (Wildman–Crippen MR) is 96.1 cm³/mol. The maximum Gasteiger partial charge on any atom is 0.251 e. The fraction of sp³-hybridized carbons (Fsp3) is 0.278. The van der Waals surface area contributed by atoms with Gasteiger partial charge in [0.15, 0.2) is 9.84 Å². The van der Waals surface area contributed by atoms with E-state index in [9.17, 15) is 13.2 Å². The van der Waals surface area contributed by atoms with Crippen molar-refractivity contribution in [3.8, 4) is 0 Å². The summed E-state index contributed by atoms with van der Waals surface area (Å²) in [6.45, 7) is 1.96. The molecular formula is C18H22N2O3S. The summed E-state index contributed by atoms with van der Waals surface area (Å²) in [4.78, 5) is 14.4. The van der Waals surface area contributed by atoms with Crippen molar-refractivity contribution in [2.24, 2.45) is 0 Å². The zero-order chi connectivity index (χ0) is 17.7. The highest BCUT2D eigenvalue weighted by Gasteiger charge is 2.11. The Balaban J connectivity index is 1.99. The number of benzene rings is 2. The van der Waals surface area contributed by atoms with E-state index in [1.54, 1.807) is 43.3 Å². The van der Waals surface area contributed by atoms with Crippen LogP contribution in [0.1, 0.15) is 22.8 Å². The highest BCUT2D eigenvalue weighted by atomic mass is 32.2. The molecule has 5 nitrogen and oxygen atoms in total. The first-order valence-corrected chi connectivity index (χ1v) is 9.36. The first kappa shape index (κ1) is 18.0. The molecule has 1 N–H and O–H groups in total. The lowest BCUT2D eigenvalue weighted by Crippen LogP contribution is -2.22. The van der Waals surface area contributed by atoms with Crippen LogP contribution in [-0.4, -0.2) is 34.2 Å². The summed E-state index contributed by atoms with van der Waals surface area (Å²) < 4.78 is 23.5. The molecule has 0 radical (unpaired) electrons. The van der Waals surface area contributed by atoms with Gasteiger partial charge in [-0.2, -0.15) is 0 Å². The van der Waals surface area contributed by atoms with Gasteiger partial charge in [0.05, 0.1) is 10.6 Å². The van der Waals surface area contributed by atoms with Gasteiger partial charge in [-0.25, -0.2) is 8.42 Å². The summed E-state index contributed by atoms with van der Waals surface area (Å²) >= 11 is 0. The topological polar surface area (TPSA) is 66.5 Å². The average Bonchev–Trinajstić information content (AvgIpc) is 2.60. The Kier molecular flexibility index (Phi) is 5.62. The standard InChI is InChI=1S/C18H22N2O3S/c1-4-24(22,23)17-11-5-14(6-12-17)13-19-18(21)15-7-9-16(10-8-15)20(2)3/h5-12H,4,13H2,1-3H3,(H,19,21). The zero-order valence-corrected chi connectivity index (χ0v) is 14.9. The van der Waals surface area contributed by atoms with Gasteiger partial charge in [-0.05, 0) is 42.0 Å². The summed E-state index contributed by atoms with van der Waals surface area (Å²) in [7, 11) is 0.692. The first-order chi connectivity index (χ1) is 11.3. The normalized spacial score (nSPS) is 11.1. The lowest BCUT2D eigenvalue weighted by Gasteiger charge is -2.12. The number of carbonyl (C=O) groups is 1. The number of hydrogen-bond donors (Lipinski definition) is 1. The summed E-state index contributed by atoms with van der Waals surface area (Å²) in [5.41, 5.74) is 2.47. The van der Waals surface area contributed by atoms with Crippen LogP contribution in [0.5, 0.6) is 0 Å². The van der Waals surface area contributed by atoms with Gasteiger partial charge in [0.25, 0.3) is 5.91 Å². The summed E-state index contributed by atoms with van der Waals surface area (Å²) in [5.74, 6) is -0.0861. The Morgan fingerprint density at radius 3 is 2.08 bits per heavy atom. The molecule has 0 saturated heterocycles. The molecule has 0 unspecified atom stereocenters. The second-order valence-electron chi connectivity index (χ2n) is 5.67. The van der Waals surface area contributed by atoms with Crippen molar-refractivity contribution in [1.82, 2.24) is 5.32 Å². The number of amides is 1. The van der Waals surface area contributed by atoms with Gasteiger partial charge >= 0.3 is 0 Å². The molecule has 6 heteroatoms. The third kappa shape index (κ3) is 4.35. The molecule has 0 saturated carbocycles. The van der Waals surface area contributed by atoms with Crippen LogP contribution in [0.3, 0.4) is 0 Å². The van der Waals surface area contributed by atoms with Crippen molar-refractivity contribution >= 4 is 21.4 Å². The number of anilines is 1. The number of nitrogens with one attached hydrogen (secondary N) is 1. The van der Waals surface area contributed by atoms with Crippen molar-refractivity contribution in [2.45, 2.75) is 18.4 Å². The Morgan fingerprint density at radius 2 is 1.58 bits per heavy atom. The summed E-state index contributed by atoms with van der Waals surface area (Å²) in [6.07, 6.45) is 0. The van der Waals surface area contributed by atoms with E-state index in [0.29, 0.717) is 17.0 Å². The van der Waals surface area contributed by atoms with Crippen LogP contribution >= 0.6 is 0 Å². The second-order valence-corrected chi connectivity index (χ2v) is 7.95. The molecule has 2 aromatic carbocycles. The molecule has 0 spiro atoms. The second kappa shape index (κ2) is 7.49. The number of sulfone groups is 1. The molecule has 0 aliphatic heterocycles. The third-order valence-corrected chi connectivity index (χ3v) is 5.51. The number of carbonyl (C=O) groups excluding carboxylic acids is 1. The van der Waals surface area contributed by atoms with Crippen LogP contribution < -0.4 is 10.2 Å². The lowest BCUT2D eigenvalue weighted by atomic mass is 10.1. The minimum atomic E-state index is -3.19. The highest BCUT2D eigenvalue weighted by Crippen LogP contribution is 2.14. The molecule has 128 valence electrons.